The number of H-pyrrole nitrogens is 1. The molecule has 3 heterocycles. The van der Waals surface area contributed by atoms with Crippen molar-refractivity contribution in [2.45, 2.75) is 19.1 Å². The Morgan fingerprint density at radius 2 is 2.42 bits per heavy atom. The van der Waals surface area contributed by atoms with Gasteiger partial charge >= 0.3 is 0 Å². The average Bonchev–Trinajstić information content (AvgIpc) is 2.86. The molecule has 2 unspecified atom stereocenters. The van der Waals surface area contributed by atoms with Crippen molar-refractivity contribution in [2.75, 3.05) is 30.4 Å². The summed E-state index contributed by atoms with van der Waals surface area (Å²) < 4.78 is 5.52. The Balaban J connectivity index is 2.04. The molecule has 1 aliphatic rings. The minimum absolute atomic E-state index is 0.0180. The van der Waals surface area contributed by atoms with E-state index in [9.17, 15) is 5.11 Å². The van der Waals surface area contributed by atoms with Gasteiger partial charge in [-0.15, -0.1) is 0 Å². The van der Waals surface area contributed by atoms with Crippen LogP contribution in [0.2, 0.25) is 0 Å². The zero-order valence-electron chi connectivity index (χ0n) is 10.6. The maximum Gasteiger partial charge on any atom is 0.224 e. The summed E-state index contributed by atoms with van der Waals surface area (Å²) in [6, 6.07) is 0.142. The summed E-state index contributed by atoms with van der Waals surface area (Å²) in [7, 11) is 0. The SMILES string of the molecule is CC1COC(CO)CN1c1nc(N)nc2nc[nH]c12. The highest BCUT2D eigenvalue weighted by Gasteiger charge is 2.28. The summed E-state index contributed by atoms with van der Waals surface area (Å²) >= 11 is 0. The van der Waals surface area contributed by atoms with Crippen LogP contribution >= 0.6 is 0 Å². The van der Waals surface area contributed by atoms with Gasteiger partial charge in [-0.2, -0.15) is 9.97 Å². The molecule has 8 nitrogen and oxygen atoms in total. The maximum atomic E-state index is 9.24. The van der Waals surface area contributed by atoms with Crippen LogP contribution in [-0.4, -0.2) is 56.9 Å². The van der Waals surface area contributed by atoms with Gasteiger partial charge < -0.3 is 25.5 Å². The van der Waals surface area contributed by atoms with Crippen molar-refractivity contribution in [2.24, 2.45) is 0 Å². The number of aliphatic hydroxyl groups excluding tert-OH is 1. The van der Waals surface area contributed by atoms with E-state index in [0.717, 1.165) is 5.52 Å². The number of nitrogens with one attached hydrogen (secondary N) is 1. The van der Waals surface area contributed by atoms with Gasteiger partial charge in [0, 0.05) is 6.54 Å². The number of aromatic amines is 1. The van der Waals surface area contributed by atoms with Gasteiger partial charge in [0.1, 0.15) is 5.52 Å². The summed E-state index contributed by atoms with van der Waals surface area (Å²) in [5, 5.41) is 9.24. The highest BCUT2D eigenvalue weighted by molar-refractivity contribution is 5.84. The molecule has 19 heavy (non-hydrogen) atoms. The van der Waals surface area contributed by atoms with Crippen LogP contribution in [-0.2, 0) is 4.74 Å². The fraction of sp³-hybridized carbons (Fsp3) is 0.545. The van der Waals surface area contributed by atoms with Gasteiger partial charge in [-0.1, -0.05) is 0 Å². The normalized spacial score (nSPS) is 24.0. The van der Waals surface area contributed by atoms with Crippen molar-refractivity contribution < 1.29 is 9.84 Å². The molecule has 0 bridgehead atoms. The number of rotatable bonds is 2. The molecule has 102 valence electrons. The van der Waals surface area contributed by atoms with Crippen molar-refractivity contribution in [3.63, 3.8) is 0 Å². The van der Waals surface area contributed by atoms with Crippen molar-refractivity contribution in [3.8, 4) is 0 Å². The van der Waals surface area contributed by atoms with Crippen molar-refractivity contribution in [1.82, 2.24) is 19.9 Å². The lowest BCUT2D eigenvalue weighted by atomic mass is 10.2. The van der Waals surface area contributed by atoms with Gasteiger partial charge in [0.2, 0.25) is 5.95 Å². The third kappa shape index (κ3) is 2.08. The van der Waals surface area contributed by atoms with Gasteiger partial charge in [-0.3, -0.25) is 0 Å². The lowest BCUT2D eigenvalue weighted by Gasteiger charge is -2.38. The second-order valence-corrected chi connectivity index (χ2v) is 4.65. The first kappa shape index (κ1) is 12.1. The number of hydrogen-bond donors (Lipinski definition) is 3. The number of nitrogen functional groups attached to an aromatic ring is 1. The molecule has 2 aromatic rings. The molecule has 0 spiro atoms. The number of morpholine rings is 1. The first-order valence-corrected chi connectivity index (χ1v) is 6.14. The summed E-state index contributed by atoms with van der Waals surface area (Å²) in [4.78, 5) is 17.6. The predicted molar refractivity (Wildman–Crippen MR) is 69.7 cm³/mol. The molecule has 3 rings (SSSR count). The lowest BCUT2D eigenvalue weighted by Crippen LogP contribution is -2.50. The molecule has 8 heteroatoms. The fourth-order valence-electron chi connectivity index (χ4n) is 2.27. The van der Waals surface area contributed by atoms with E-state index in [0.29, 0.717) is 24.6 Å². The first-order chi connectivity index (χ1) is 9.19. The second-order valence-electron chi connectivity index (χ2n) is 4.65. The molecule has 0 saturated carbocycles. The van der Waals surface area contributed by atoms with Crippen LogP contribution in [0, 0.1) is 0 Å². The quantitative estimate of drug-likeness (QED) is 0.671. The molecular weight excluding hydrogens is 248 g/mol. The molecule has 0 radical (unpaired) electrons. The zero-order chi connectivity index (χ0) is 13.4. The molecule has 1 fully saturated rings. The largest absolute Gasteiger partial charge is 0.394 e. The highest BCUT2D eigenvalue weighted by atomic mass is 16.5. The van der Waals surface area contributed by atoms with E-state index in [2.05, 4.69) is 24.8 Å². The summed E-state index contributed by atoms with van der Waals surface area (Å²) in [5.41, 5.74) is 7.01. The van der Waals surface area contributed by atoms with Crippen LogP contribution in [0.5, 0.6) is 0 Å². The zero-order valence-corrected chi connectivity index (χ0v) is 10.6. The smallest absolute Gasteiger partial charge is 0.224 e. The third-order valence-corrected chi connectivity index (χ3v) is 3.27. The number of aliphatic hydroxyl groups is 1. The number of hydrogen-bond acceptors (Lipinski definition) is 7. The Hall–Kier alpha value is -1.93. The Morgan fingerprint density at radius 1 is 1.58 bits per heavy atom. The number of imidazole rings is 1. The third-order valence-electron chi connectivity index (χ3n) is 3.27. The van der Waals surface area contributed by atoms with Gasteiger partial charge in [0.15, 0.2) is 11.5 Å². The Morgan fingerprint density at radius 3 is 3.21 bits per heavy atom. The van der Waals surface area contributed by atoms with E-state index in [1.807, 2.05) is 6.92 Å². The van der Waals surface area contributed by atoms with Crippen molar-refractivity contribution in [1.29, 1.82) is 0 Å². The number of anilines is 2. The first-order valence-electron chi connectivity index (χ1n) is 6.14. The highest BCUT2D eigenvalue weighted by Crippen LogP contribution is 2.26. The van der Waals surface area contributed by atoms with Crippen LogP contribution in [0.4, 0.5) is 11.8 Å². The number of ether oxygens (including phenoxy) is 1. The molecule has 2 atom stereocenters. The minimum atomic E-state index is -0.217. The predicted octanol–water partition coefficient (Wildman–Crippen LogP) is -0.479. The van der Waals surface area contributed by atoms with E-state index in [4.69, 9.17) is 10.5 Å². The number of fused-ring (bicyclic) bond motifs is 1. The average molecular weight is 264 g/mol. The Bertz CT molecular complexity index is 586. The van der Waals surface area contributed by atoms with Crippen LogP contribution < -0.4 is 10.6 Å². The summed E-state index contributed by atoms with van der Waals surface area (Å²) in [6.45, 7) is 3.11. The number of aromatic nitrogens is 4. The standard InChI is InChI=1S/C11H16N6O2/c1-6-4-19-7(3-18)2-17(6)10-8-9(14-5-13-8)15-11(12)16-10/h5-7,18H,2-4H2,1H3,(H3,12,13,14,15,16). The van der Waals surface area contributed by atoms with E-state index in [1.165, 1.54) is 0 Å². The maximum absolute atomic E-state index is 9.24. The molecule has 0 aliphatic carbocycles. The van der Waals surface area contributed by atoms with Gasteiger partial charge in [0.25, 0.3) is 0 Å². The molecule has 0 amide bonds. The van der Waals surface area contributed by atoms with Crippen LogP contribution in [0.3, 0.4) is 0 Å². The topological polar surface area (TPSA) is 113 Å². The van der Waals surface area contributed by atoms with Gasteiger partial charge in [0.05, 0.1) is 31.7 Å². The van der Waals surface area contributed by atoms with Crippen molar-refractivity contribution in [3.05, 3.63) is 6.33 Å². The molecule has 4 N–H and O–H groups in total. The van der Waals surface area contributed by atoms with Crippen molar-refractivity contribution >= 4 is 22.9 Å². The van der Waals surface area contributed by atoms with E-state index >= 15 is 0 Å². The molecule has 1 aliphatic heterocycles. The minimum Gasteiger partial charge on any atom is -0.394 e. The van der Waals surface area contributed by atoms with E-state index in [-0.39, 0.29) is 24.7 Å². The second kappa shape index (κ2) is 4.63. The number of nitrogens with two attached hydrogens (primary N) is 1. The summed E-state index contributed by atoms with van der Waals surface area (Å²) in [6.07, 6.45) is 1.35. The van der Waals surface area contributed by atoms with Crippen LogP contribution in [0.1, 0.15) is 6.92 Å². The van der Waals surface area contributed by atoms with E-state index in [1.54, 1.807) is 6.33 Å². The lowest BCUT2D eigenvalue weighted by molar-refractivity contribution is -0.0104. The number of nitrogens with zero attached hydrogens (tertiary/aromatic N) is 4. The van der Waals surface area contributed by atoms with Gasteiger partial charge in [-0.25, -0.2) is 4.98 Å². The Labute approximate surface area is 109 Å². The van der Waals surface area contributed by atoms with Crippen LogP contribution in [0.15, 0.2) is 6.33 Å². The molecule has 1 saturated heterocycles. The monoisotopic (exact) mass is 264 g/mol. The van der Waals surface area contributed by atoms with Gasteiger partial charge in [-0.05, 0) is 6.92 Å². The Kier molecular flexibility index (Phi) is 2.96. The molecular formula is C11H16N6O2. The summed E-state index contributed by atoms with van der Waals surface area (Å²) in [5.74, 6) is 0.892. The van der Waals surface area contributed by atoms with E-state index < -0.39 is 0 Å². The fourth-order valence-corrected chi connectivity index (χ4v) is 2.27. The molecule has 2 aromatic heterocycles. The molecule has 0 aromatic carbocycles. The van der Waals surface area contributed by atoms with Crippen LogP contribution in [0.25, 0.3) is 11.2 Å².